The molecule has 0 amide bonds. The molecule has 0 saturated carbocycles. The fourth-order valence-electron chi connectivity index (χ4n) is 3.60. The minimum atomic E-state index is 0.661. The molecule has 4 rings (SSSR count). The smallest absolute Gasteiger partial charge is 0.227 e. The van der Waals surface area contributed by atoms with E-state index < -0.39 is 0 Å². The van der Waals surface area contributed by atoms with Crippen molar-refractivity contribution in [3.05, 3.63) is 36.2 Å². The molecule has 7 heteroatoms. The number of ether oxygens (including phenoxy) is 1. The quantitative estimate of drug-likeness (QED) is 0.811. The predicted molar refractivity (Wildman–Crippen MR) is 102 cm³/mol. The van der Waals surface area contributed by atoms with Crippen LogP contribution in [-0.2, 0) is 6.54 Å². The van der Waals surface area contributed by atoms with Gasteiger partial charge in [0.05, 0.1) is 7.11 Å². The fraction of sp³-hybridized carbons (Fsp3) is 0.526. The third-order valence-electron chi connectivity index (χ3n) is 5.13. The Morgan fingerprint density at radius 3 is 2.42 bits per heavy atom. The van der Waals surface area contributed by atoms with Crippen molar-refractivity contribution in [1.82, 2.24) is 19.9 Å². The van der Waals surface area contributed by atoms with Gasteiger partial charge in [0.2, 0.25) is 11.8 Å². The van der Waals surface area contributed by atoms with Crippen LogP contribution < -0.4 is 14.5 Å². The van der Waals surface area contributed by atoms with Crippen molar-refractivity contribution in [2.75, 3.05) is 56.2 Å². The molecule has 7 nitrogen and oxygen atoms in total. The molecule has 2 aliphatic rings. The Hall–Kier alpha value is -2.41. The van der Waals surface area contributed by atoms with Gasteiger partial charge in [-0.25, -0.2) is 9.97 Å². The molecule has 2 fully saturated rings. The number of piperazine rings is 1. The second kappa shape index (κ2) is 7.86. The van der Waals surface area contributed by atoms with E-state index in [0.717, 1.165) is 57.6 Å². The highest BCUT2D eigenvalue weighted by Gasteiger charge is 2.21. The van der Waals surface area contributed by atoms with Crippen LogP contribution in [0.3, 0.4) is 0 Å². The Morgan fingerprint density at radius 1 is 0.923 bits per heavy atom. The second-order valence-electron chi connectivity index (χ2n) is 6.88. The summed E-state index contributed by atoms with van der Waals surface area (Å²) in [6, 6.07) is 6.03. The Bertz CT molecular complexity index is 708. The van der Waals surface area contributed by atoms with E-state index in [-0.39, 0.29) is 0 Å². The van der Waals surface area contributed by atoms with Crippen LogP contribution in [0.1, 0.15) is 18.4 Å². The van der Waals surface area contributed by atoms with Crippen molar-refractivity contribution in [1.29, 1.82) is 0 Å². The summed E-state index contributed by atoms with van der Waals surface area (Å²) in [6.45, 7) is 7.05. The van der Waals surface area contributed by atoms with Gasteiger partial charge in [0.1, 0.15) is 5.82 Å². The zero-order valence-corrected chi connectivity index (χ0v) is 15.3. The first-order valence-corrected chi connectivity index (χ1v) is 9.36. The van der Waals surface area contributed by atoms with E-state index in [1.165, 1.54) is 18.4 Å². The van der Waals surface area contributed by atoms with E-state index in [9.17, 15) is 0 Å². The van der Waals surface area contributed by atoms with Gasteiger partial charge >= 0.3 is 0 Å². The van der Waals surface area contributed by atoms with E-state index in [2.05, 4.69) is 30.7 Å². The Kier molecular flexibility index (Phi) is 5.15. The van der Waals surface area contributed by atoms with Gasteiger partial charge in [-0.3, -0.25) is 4.90 Å². The van der Waals surface area contributed by atoms with E-state index in [1.807, 2.05) is 24.5 Å². The lowest BCUT2D eigenvalue weighted by atomic mass is 10.2. The topological polar surface area (TPSA) is 57.6 Å². The Morgan fingerprint density at radius 2 is 1.73 bits per heavy atom. The molecular weight excluding hydrogens is 328 g/mol. The average molecular weight is 354 g/mol. The number of methoxy groups -OCH3 is 1. The molecule has 0 radical (unpaired) electrons. The normalized spacial score (nSPS) is 18.3. The molecule has 0 spiro atoms. The molecule has 2 aliphatic heterocycles. The molecule has 2 aromatic heterocycles. The van der Waals surface area contributed by atoms with Crippen LogP contribution >= 0.6 is 0 Å². The molecule has 26 heavy (non-hydrogen) atoms. The molecule has 0 aliphatic carbocycles. The van der Waals surface area contributed by atoms with Crippen molar-refractivity contribution in [3.8, 4) is 5.88 Å². The van der Waals surface area contributed by atoms with Crippen molar-refractivity contribution < 1.29 is 4.74 Å². The van der Waals surface area contributed by atoms with Gasteiger partial charge in [0.25, 0.3) is 0 Å². The molecule has 2 aromatic rings. The van der Waals surface area contributed by atoms with Crippen LogP contribution in [-0.4, -0.2) is 66.2 Å². The first kappa shape index (κ1) is 17.0. The molecule has 138 valence electrons. The summed E-state index contributed by atoms with van der Waals surface area (Å²) in [5.74, 6) is 2.59. The third kappa shape index (κ3) is 3.88. The van der Waals surface area contributed by atoms with Gasteiger partial charge in [-0.1, -0.05) is 6.07 Å². The maximum Gasteiger partial charge on any atom is 0.227 e. The van der Waals surface area contributed by atoms with Gasteiger partial charge in [-0.05, 0) is 24.5 Å². The first-order chi connectivity index (χ1) is 12.8. The lowest BCUT2D eigenvalue weighted by Gasteiger charge is -2.35. The maximum atomic E-state index is 5.12. The molecule has 0 bridgehead atoms. The fourth-order valence-corrected chi connectivity index (χ4v) is 3.60. The van der Waals surface area contributed by atoms with E-state index in [1.54, 1.807) is 7.11 Å². The standard InChI is InChI=1S/C19H26N6O/c1-26-18-5-4-16(14-21-18)15-23-10-12-25(13-11-23)19-20-7-6-17(22-19)24-8-2-3-9-24/h4-7,14H,2-3,8-13,15H2,1H3. The second-order valence-corrected chi connectivity index (χ2v) is 6.88. The van der Waals surface area contributed by atoms with Crippen molar-refractivity contribution >= 4 is 11.8 Å². The number of rotatable bonds is 5. The van der Waals surface area contributed by atoms with E-state index >= 15 is 0 Å². The van der Waals surface area contributed by atoms with Crippen molar-refractivity contribution in [2.24, 2.45) is 0 Å². The van der Waals surface area contributed by atoms with Crippen LogP contribution in [0.2, 0.25) is 0 Å². The minimum absolute atomic E-state index is 0.661. The van der Waals surface area contributed by atoms with Gasteiger partial charge < -0.3 is 14.5 Å². The summed E-state index contributed by atoms with van der Waals surface area (Å²) in [4.78, 5) is 20.7. The summed E-state index contributed by atoms with van der Waals surface area (Å²) < 4.78 is 5.12. The zero-order valence-electron chi connectivity index (χ0n) is 15.3. The van der Waals surface area contributed by atoms with Crippen LogP contribution in [0.4, 0.5) is 11.8 Å². The molecule has 4 heterocycles. The van der Waals surface area contributed by atoms with Crippen molar-refractivity contribution in [3.63, 3.8) is 0 Å². The van der Waals surface area contributed by atoms with Crippen LogP contribution in [0.15, 0.2) is 30.6 Å². The van der Waals surface area contributed by atoms with Crippen molar-refractivity contribution in [2.45, 2.75) is 19.4 Å². The number of anilines is 2. The largest absolute Gasteiger partial charge is 0.481 e. The van der Waals surface area contributed by atoms with Gasteiger partial charge in [0, 0.05) is 64.3 Å². The number of pyridine rings is 1. The zero-order chi connectivity index (χ0) is 17.8. The summed E-state index contributed by atoms with van der Waals surface area (Å²) in [5.41, 5.74) is 1.21. The molecular formula is C19H26N6O. The SMILES string of the molecule is COc1ccc(CN2CCN(c3nccc(N4CCCC4)n3)CC2)cn1. The average Bonchev–Trinajstić information content (AvgIpc) is 3.24. The summed E-state index contributed by atoms with van der Waals surface area (Å²) in [5, 5.41) is 0. The lowest BCUT2D eigenvalue weighted by Crippen LogP contribution is -2.46. The van der Waals surface area contributed by atoms with Crippen LogP contribution in [0, 0.1) is 0 Å². The molecule has 2 saturated heterocycles. The third-order valence-corrected chi connectivity index (χ3v) is 5.13. The number of nitrogens with zero attached hydrogens (tertiary/aromatic N) is 6. The van der Waals surface area contributed by atoms with Crippen LogP contribution in [0.5, 0.6) is 5.88 Å². The predicted octanol–water partition coefficient (Wildman–Crippen LogP) is 1.80. The first-order valence-electron chi connectivity index (χ1n) is 9.36. The molecule has 0 atom stereocenters. The summed E-state index contributed by atoms with van der Waals surface area (Å²) >= 11 is 0. The lowest BCUT2D eigenvalue weighted by molar-refractivity contribution is 0.248. The van der Waals surface area contributed by atoms with Gasteiger partial charge in [0.15, 0.2) is 0 Å². The molecule has 0 N–H and O–H groups in total. The van der Waals surface area contributed by atoms with Crippen LogP contribution in [0.25, 0.3) is 0 Å². The number of hydrogen-bond acceptors (Lipinski definition) is 7. The highest BCUT2D eigenvalue weighted by molar-refractivity contribution is 5.44. The Labute approximate surface area is 154 Å². The number of hydrogen-bond donors (Lipinski definition) is 0. The van der Waals surface area contributed by atoms with E-state index in [0.29, 0.717) is 5.88 Å². The highest BCUT2D eigenvalue weighted by atomic mass is 16.5. The maximum absolute atomic E-state index is 5.12. The number of aromatic nitrogens is 3. The Balaban J connectivity index is 1.33. The molecule has 0 aromatic carbocycles. The summed E-state index contributed by atoms with van der Waals surface area (Å²) in [7, 11) is 1.64. The molecule has 0 unspecified atom stereocenters. The van der Waals surface area contributed by atoms with Gasteiger partial charge in [-0.2, -0.15) is 4.98 Å². The van der Waals surface area contributed by atoms with E-state index in [4.69, 9.17) is 9.72 Å². The highest BCUT2D eigenvalue weighted by Crippen LogP contribution is 2.20. The summed E-state index contributed by atoms with van der Waals surface area (Å²) in [6.07, 6.45) is 6.32. The monoisotopic (exact) mass is 354 g/mol. The van der Waals surface area contributed by atoms with Gasteiger partial charge in [-0.15, -0.1) is 0 Å². The minimum Gasteiger partial charge on any atom is -0.481 e.